The number of aromatic nitrogens is 1. The lowest BCUT2D eigenvalue weighted by molar-refractivity contribution is -0.117. The van der Waals surface area contributed by atoms with Crippen LogP contribution in [0.3, 0.4) is 0 Å². The molecule has 1 aromatic heterocycles. The van der Waals surface area contributed by atoms with E-state index in [1.54, 1.807) is 0 Å². The zero-order valence-corrected chi connectivity index (χ0v) is 12.1. The molecule has 2 aliphatic rings. The van der Waals surface area contributed by atoms with Crippen molar-refractivity contribution in [3.05, 3.63) is 11.1 Å². The van der Waals surface area contributed by atoms with Crippen molar-refractivity contribution in [3.8, 4) is 0 Å². The Hall–Kier alpha value is -0.940. The summed E-state index contributed by atoms with van der Waals surface area (Å²) in [7, 11) is 0. The number of carbonyl (C=O) groups is 1. The Morgan fingerprint density at radius 3 is 3.00 bits per heavy atom. The smallest absolute Gasteiger partial charge is 0.226 e. The van der Waals surface area contributed by atoms with E-state index >= 15 is 0 Å². The second-order valence-electron chi connectivity index (χ2n) is 6.05. The number of nitrogens with two attached hydrogens (primary N) is 1. The summed E-state index contributed by atoms with van der Waals surface area (Å²) in [5, 5.41) is 5.51. The second kappa shape index (κ2) is 5.21. The van der Waals surface area contributed by atoms with Gasteiger partial charge in [-0.2, -0.15) is 0 Å². The lowest BCUT2D eigenvalue weighted by Crippen LogP contribution is -2.20. The number of nitrogens with zero attached hydrogens (tertiary/aromatic N) is 1. The first-order chi connectivity index (χ1) is 9.11. The molecule has 3 rings (SSSR count). The van der Waals surface area contributed by atoms with E-state index in [1.807, 2.05) is 12.3 Å². The third-order valence-corrected chi connectivity index (χ3v) is 5.34. The average molecular weight is 279 g/mol. The molecule has 0 radical (unpaired) electrons. The normalized spacial score (nSPS) is 30.5. The summed E-state index contributed by atoms with van der Waals surface area (Å²) in [4.78, 5) is 16.4. The molecule has 2 saturated carbocycles. The zero-order chi connectivity index (χ0) is 13.4. The van der Waals surface area contributed by atoms with Gasteiger partial charge in [0.15, 0.2) is 5.13 Å². The van der Waals surface area contributed by atoms with Crippen molar-refractivity contribution in [3.63, 3.8) is 0 Å². The first-order valence-corrected chi connectivity index (χ1v) is 8.00. The Bertz CT molecular complexity index is 471. The summed E-state index contributed by atoms with van der Waals surface area (Å²) in [6, 6.07) is -0.0764. The first kappa shape index (κ1) is 13.1. The summed E-state index contributed by atoms with van der Waals surface area (Å²) >= 11 is 1.46. The average Bonchev–Trinajstić information content (AvgIpc) is 3.03. The van der Waals surface area contributed by atoms with E-state index in [0.29, 0.717) is 17.5 Å². The molecule has 2 bridgehead atoms. The molecule has 0 aliphatic heterocycles. The molecule has 2 aliphatic carbocycles. The summed E-state index contributed by atoms with van der Waals surface area (Å²) < 4.78 is 0. The number of hydrogen-bond donors (Lipinski definition) is 2. The fraction of sp³-hybridized carbons (Fsp3) is 0.714. The molecular formula is C14H21N3OS. The molecular weight excluding hydrogens is 258 g/mol. The lowest BCUT2D eigenvalue weighted by atomic mass is 9.86. The van der Waals surface area contributed by atoms with E-state index in [9.17, 15) is 4.79 Å². The van der Waals surface area contributed by atoms with Crippen molar-refractivity contribution in [2.45, 2.75) is 45.1 Å². The molecule has 4 nitrogen and oxygen atoms in total. The van der Waals surface area contributed by atoms with Gasteiger partial charge in [0, 0.05) is 17.8 Å². The van der Waals surface area contributed by atoms with Crippen LogP contribution >= 0.6 is 11.3 Å². The highest BCUT2D eigenvalue weighted by molar-refractivity contribution is 7.13. The number of fused-ring (bicyclic) bond motifs is 2. The highest BCUT2D eigenvalue weighted by atomic mass is 32.1. The van der Waals surface area contributed by atoms with Gasteiger partial charge in [-0.05, 0) is 43.9 Å². The summed E-state index contributed by atoms with van der Waals surface area (Å²) in [6.07, 6.45) is 5.97. The predicted octanol–water partition coefficient (Wildman–Crippen LogP) is 2.93. The minimum Gasteiger partial charge on any atom is -0.323 e. The maximum absolute atomic E-state index is 12.0. The van der Waals surface area contributed by atoms with Crippen molar-refractivity contribution >= 4 is 22.4 Å². The molecule has 4 unspecified atom stereocenters. The minimum absolute atomic E-state index is 0.0764. The molecule has 0 saturated heterocycles. The number of amides is 1. The molecule has 0 spiro atoms. The van der Waals surface area contributed by atoms with E-state index < -0.39 is 0 Å². The number of anilines is 1. The molecule has 1 aromatic rings. The molecule has 19 heavy (non-hydrogen) atoms. The summed E-state index contributed by atoms with van der Waals surface area (Å²) in [5.74, 6) is 2.41. The van der Waals surface area contributed by atoms with Gasteiger partial charge in [0.25, 0.3) is 0 Å². The van der Waals surface area contributed by atoms with Crippen LogP contribution in [0.15, 0.2) is 5.38 Å². The Labute approximate surface area is 117 Å². The number of rotatable bonds is 4. The summed E-state index contributed by atoms with van der Waals surface area (Å²) in [5.41, 5.74) is 6.61. The Morgan fingerprint density at radius 1 is 1.58 bits per heavy atom. The maximum atomic E-state index is 12.0. The van der Waals surface area contributed by atoms with Crippen molar-refractivity contribution in [2.75, 3.05) is 5.32 Å². The number of carbonyl (C=O) groups excluding carboxylic acids is 1. The fourth-order valence-electron chi connectivity index (χ4n) is 3.59. The van der Waals surface area contributed by atoms with Gasteiger partial charge in [0.1, 0.15) is 0 Å². The van der Waals surface area contributed by atoms with Crippen LogP contribution in [0.5, 0.6) is 0 Å². The number of thiazole rings is 1. The van der Waals surface area contributed by atoms with Gasteiger partial charge >= 0.3 is 0 Å². The van der Waals surface area contributed by atoms with E-state index in [1.165, 1.54) is 37.0 Å². The van der Waals surface area contributed by atoms with Crippen LogP contribution in [-0.2, 0) is 4.79 Å². The van der Waals surface area contributed by atoms with Crippen LogP contribution in [0.4, 0.5) is 5.13 Å². The van der Waals surface area contributed by atoms with Crippen LogP contribution in [-0.4, -0.2) is 10.9 Å². The Morgan fingerprint density at radius 2 is 2.42 bits per heavy atom. The largest absolute Gasteiger partial charge is 0.323 e. The van der Waals surface area contributed by atoms with Crippen molar-refractivity contribution in [1.29, 1.82) is 0 Å². The lowest BCUT2D eigenvalue weighted by Gasteiger charge is -2.20. The highest BCUT2D eigenvalue weighted by Gasteiger charge is 2.40. The molecule has 1 amide bonds. The van der Waals surface area contributed by atoms with Crippen molar-refractivity contribution in [2.24, 2.45) is 23.5 Å². The standard InChI is InChI=1S/C14H21N3OS/c1-8(15)12-7-19-14(16-12)17-13(18)6-11-5-9-2-3-10(11)4-9/h7-11H,2-6,15H2,1H3,(H,16,17,18). The molecule has 104 valence electrons. The van der Waals surface area contributed by atoms with Gasteiger partial charge in [0.05, 0.1) is 5.69 Å². The molecule has 3 N–H and O–H groups in total. The van der Waals surface area contributed by atoms with E-state index in [2.05, 4.69) is 10.3 Å². The SMILES string of the molecule is CC(N)c1csc(NC(=O)CC2CC3CCC2C3)n1. The minimum atomic E-state index is -0.0764. The van der Waals surface area contributed by atoms with Crippen LogP contribution in [0.25, 0.3) is 0 Å². The van der Waals surface area contributed by atoms with Gasteiger partial charge in [-0.15, -0.1) is 11.3 Å². The Balaban J connectivity index is 1.53. The summed E-state index contributed by atoms with van der Waals surface area (Å²) in [6.45, 7) is 1.90. The van der Waals surface area contributed by atoms with Crippen LogP contribution in [0.2, 0.25) is 0 Å². The monoisotopic (exact) mass is 279 g/mol. The number of nitrogens with one attached hydrogen (secondary N) is 1. The molecule has 0 aromatic carbocycles. The van der Waals surface area contributed by atoms with Crippen molar-refractivity contribution in [1.82, 2.24) is 4.98 Å². The van der Waals surface area contributed by atoms with Gasteiger partial charge in [-0.1, -0.05) is 6.42 Å². The molecule has 2 fully saturated rings. The second-order valence-corrected chi connectivity index (χ2v) is 6.91. The van der Waals surface area contributed by atoms with E-state index in [0.717, 1.165) is 17.5 Å². The van der Waals surface area contributed by atoms with Crippen LogP contribution in [0.1, 0.15) is 50.8 Å². The van der Waals surface area contributed by atoms with Gasteiger partial charge in [0.2, 0.25) is 5.91 Å². The van der Waals surface area contributed by atoms with Crippen LogP contribution in [0, 0.1) is 17.8 Å². The topological polar surface area (TPSA) is 68.0 Å². The van der Waals surface area contributed by atoms with E-state index in [-0.39, 0.29) is 11.9 Å². The zero-order valence-electron chi connectivity index (χ0n) is 11.3. The van der Waals surface area contributed by atoms with Gasteiger partial charge in [-0.3, -0.25) is 4.79 Å². The fourth-order valence-corrected chi connectivity index (χ4v) is 4.42. The third kappa shape index (κ3) is 2.82. The third-order valence-electron chi connectivity index (χ3n) is 4.57. The molecule has 5 heteroatoms. The molecule has 1 heterocycles. The highest BCUT2D eigenvalue weighted by Crippen LogP contribution is 2.49. The first-order valence-electron chi connectivity index (χ1n) is 7.12. The van der Waals surface area contributed by atoms with Crippen LogP contribution < -0.4 is 11.1 Å². The predicted molar refractivity (Wildman–Crippen MR) is 76.9 cm³/mol. The molecule has 4 atom stereocenters. The van der Waals surface area contributed by atoms with Gasteiger partial charge in [-0.25, -0.2) is 4.98 Å². The van der Waals surface area contributed by atoms with Crippen molar-refractivity contribution < 1.29 is 4.79 Å². The quantitative estimate of drug-likeness (QED) is 0.890. The Kier molecular flexibility index (Phi) is 3.58. The van der Waals surface area contributed by atoms with E-state index in [4.69, 9.17) is 5.73 Å². The van der Waals surface area contributed by atoms with Gasteiger partial charge < -0.3 is 11.1 Å². The maximum Gasteiger partial charge on any atom is 0.226 e. The number of hydrogen-bond acceptors (Lipinski definition) is 4.